The van der Waals surface area contributed by atoms with Crippen LogP contribution >= 0.6 is 0 Å². The second-order valence-corrected chi connectivity index (χ2v) is 9.06. The lowest BCUT2D eigenvalue weighted by Gasteiger charge is -2.29. The van der Waals surface area contributed by atoms with Crippen LogP contribution in [0.25, 0.3) is 0 Å². The van der Waals surface area contributed by atoms with E-state index in [0.717, 1.165) is 25.1 Å². The molecular formula is C22H33N3O2. The summed E-state index contributed by atoms with van der Waals surface area (Å²) in [6.45, 7) is 9.78. The van der Waals surface area contributed by atoms with Crippen molar-refractivity contribution in [2.24, 2.45) is 5.41 Å². The van der Waals surface area contributed by atoms with E-state index in [9.17, 15) is 9.59 Å². The standard InChI is InChI=1S/C22H33N3O2/c1-17-6-8-18(9-7-17)22(16-21(22,2)3)20(27)25-11-10-19(26)24(14-15-25)13-12-23(4)5/h6-9H,10-16H2,1-5H3. The number of hydrogen-bond donors (Lipinski definition) is 0. The zero-order chi connectivity index (χ0) is 19.8. The van der Waals surface area contributed by atoms with E-state index in [1.54, 1.807) is 0 Å². The highest BCUT2D eigenvalue weighted by molar-refractivity contribution is 5.93. The van der Waals surface area contributed by atoms with E-state index in [0.29, 0.717) is 26.1 Å². The second-order valence-electron chi connectivity index (χ2n) is 9.06. The highest BCUT2D eigenvalue weighted by atomic mass is 16.2. The molecule has 1 aromatic carbocycles. The first-order chi connectivity index (χ1) is 12.7. The van der Waals surface area contributed by atoms with Crippen LogP contribution in [-0.2, 0) is 15.0 Å². The quantitative estimate of drug-likeness (QED) is 0.798. The number of rotatable bonds is 5. The fraction of sp³-hybridized carbons (Fsp3) is 0.636. The van der Waals surface area contributed by atoms with Crippen LogP contribution < -0.4 is 0 Å². The summed E-state index contributed by atoms with van der Waals surface area (Å²) in [6, 6.07) is 8.39. The van der Waals surface area contributed by atoms with Crippen LogP contribution in [0.4, 0.5) is 0 Å². The molecule has 1 aliphatic carbocycles. The van der Waals surface area contributed by atoms with Gasteiger partial charge in [0.1, 0.15) is 0 Å². The molecule has 2 aliphatic rings. The van der Waals surface area contributed by atoms with Gasteiger partial charge in [-0.1, -0.05) is 43.7 Å². The summed E-state index contributed by atoms with van der Waals surface area (Å²) in [7, 11) is 4.03. The van der Waals surface area contributed by atoms with Crippen molar-refractivity contribution in [1.82, 2.24) is 14.7 Å². The number of nitrogens with zero attached hydrogens (tertiary/aromatic N) is 3. The topological polar surface area (TPSA) is 43.9 Å². The van der Waals surface area contributed by atoms with Crippen molar-refractivity contribution < 1.29 is 9.59 Å². The summed E-state index contributed by atoms with van der Waals surface area (Å²) in [5.41, 5.74) is 1.84. The lowest BCUT2D eigenvalue weighted by molar-refractivity contribution is -0.134. The molecule has 1 atom stereocenters. The lowest BCUT2D eigenvalue weighted by Crippen LogP contribution is -2.44. The van der Waals surface area contributed by atoms with Crippen LogP contribution in [0.5, 0.6) is 0 Å². The highest BCUT2D eigenvalue weighted by Crippen LogP contribution is 2.65. The van der Waals surface area contributed by atoms with Gasteiger partial charge in [-0.15, -0.1) is 0 Å². The van der Waals surface area contributed by atoms with Crippen molar-refractivity contribution in [3.63, 3.8) is 0 Å². The maximum Gasteiger partial charge on any atom is 0.233 e. The molecule has 0 spiro atoms. The zero-order valence-corrected chi connectivity index (χ0v) is 17.4. The van der Waals surface area contributed by atoms with Gasteiger partial charge in [-0.2, -0.15) is 0 Å². The molecule has 27 heavy (non-hydrogen) atoms. The summed E-state index contributed by atoms with van der Waals surface area (Å²) >= 11 is 0. The van der Waals surface area contributed by atoms with Crippen LogP contribution in [0.2, 0.25) is 0 Å². The molecule has 1 saturated carbocycles. The molecule has 148 valence electrons. The molecule has 3 rings (SSSR count). The highest BCUT2D eigenvalue weighted by Gasteiger charge is 2.67. The zero-order valence-electron chi connectivity index (χ0n) is 17.4. The molecule has 0 N–H and O–H groups in total. The van der Waals surface area contributed by atoms with Crippen molar-refractivity contribution in [3.05, 3.63) is 35.4 Å². The molecule has 1 unspecified atom stereocenters. The molecule has 2 amide bonds. The van der Waals surface area contributed by atoms with Crippen LogP contribution in [0, 0.1) is 12.3 Å². The fourth-order valence-electron chi connectivity index (χ4n) is 4.34. The first kappa shape index (κ1) is 19.9. The summed E-state index contributed by atoms with van der Waals surface area (Å²) < 4.78 is 0. The van der Waals surface area contributed by atoms with Crippen LogP contribution in [0.1, 0.15) is 37.8 Å². The summed E-state index contributed by atoms with van der Waals surface area (Å²) in [5, 5.41) is 0. The predicted octanol–water partition coefficient (Wildman–Crippen LogP) is 2.29. The predicted molar refractivity (Wildman–Crippen MR) is 108 cm³/mol. The average Bonchev–Trinajstić information content (AvgIpc) is 3.25. The average molecular weight is 372 g/mol. The van der Waals surface area contributed by atoms with Gasteiger partial charge < -0.3 is 14.7 Å². The molecule has 1 heterocycles. The number of hydrogen-bond acceptors (Lipinski definition) is 3. The third-order valence-corrected chi connectivity index (χ3v) is 6.34. The van der Waals surface area contributed by atoms with Gasteiger partial charge in [0.25, 0.3) is 0 Å². The number of amides is 2. The summed E-state index contributed by atoms with van der Waals surface area (Å²) in [6.07, 6.45) is 1.29. The Labute approximate surface area is 163 Å². The normalized spacial score (nSPS) is 24.9. The van der Waals surface area contributed by atoms with Gasteiger partial charge in [0, 0.05) is 39.1 Å². The Morgan fingerprint density at radius 1 is 1.11 bits per heavy atom. The first-order valence-electron chi connectivity index (χ1n) is 9.96. The number of aryl methyl sites for hydroxylation is 1. The van der Waals surface area contributed by atoms with E-state index < -0.39 is 5.41 Å². The molecule has 1 aliphatic heterocycles. The van der Waals surface area contributed by atoms with Gasteiger partial charge >= 0.3 is 0 Å². The summed E-state index contributed by atoms with van der Waals surface area (Å²) in [4.78, 5) is 32.0. The maximum atomic E-state index is 13.6. The Balaban J connectivity index is 1.76. The third-order valence-electron chi connectivity index (χ3n) is 6.34. The van der Waals surface area contributed by atoms with Gasteiger partial charge in [0.05, 0.1) is 5.41 Å². The van der Waals surface area contributed by atoms with Crippen LogP contribution in [0.3, 0.4) is 0 Å². The minimum Gasteiger partial charge on any atom is -0.340 e. The molecule has 2 fully saturated rings. The van der Waals surface area contributed by atoms with E-state index >= 15 is 0 Å². The largest absolute Gasteiger partial charge is 0.340 e. The van der Waals surface area contributed by atoms with E-state index in [-0.39, 0.29) is 17.2 Å². The Morgan fingerprint density at radius 2 is 1.74 bits per heavy atom. The van der Waals surface area contributed by atoms with Crippen molar-refractivity contribution >= 4 is 11.8 Å². The smallest absolute Gasteiger partial charge is 0.233 e. The SMILES string of the molecule is Cc1ccc(C2(C(=O)N3CCC(=O)N(CCN(C)C)CC3)CC2(C)C)cc1. The Bertz CT molecular complexity index is 711. The van der Waals surface area contributed by atoms with Gasteiger partial charge in [-0.25, -0.2) is 0 Å². The van der Waals surface area contributed by atoms with Crippen molar-refractivity contribution in [1.29, 1.82) is 0 Å². The molecular weight excluding hydrogens is 338 g/mol. The van der Waals surface area contributed by atoms with Crippen molar-refractivity contribution in [3.8, 4) is 0 Å². The Hall–Kier alpha value is -1.88. The Morgan fingerprint density at radius 3 is 2.30 bits per heavy atom. The first-order valence-corrected chi connectivity index (χ1v) is 9.96. The van der Waals surface area contributed by atoms with E-state index in [4.69, 9.17) is 0 Å². The van der Waals surface area contributed by atoms with Crippen LogP contribution in [0.15, 0.2) is 24.3 Å². The van der Waals surface area contributed by atoms with Gasteiger partial charge in [0.2, 0.25) is 11.8 Å². The van der Waals surface area contributed by atoms with Gasteiger partial charge in [-0.05, 0) is 38.4 Å². The maximum absolute atomic E-state index is 13.6. The van der Waals surface area contributed by atoms with Gasteiger partial charge in [-0.3, -0.25) is 9.59 Å². The number of carbonyl (C=O) groups is 2. The summed E-state index contributed by atoms with van der Waals surface area (Å²) in [5.74, 6) is 0.352. The molecule has 1 saturated heterocycles. The molecule has 1 aromatic rings. The van der Waals surface area contributed by atoms with Crippen molar-refractivity contribution in [2.45, 2.75) is 39.0 Å². The monoisotopic (exact) mass is 371 g/mol. The molecule has 5 nitrogen and oxygen atoms in total. The fourth-order valence-corrected chi connectivity index (χ4v) is 4.34. The Kier molecular flexibility index (Phi) is 5.35. The molecule has 0 radical (unpaired) electrons. The molecule has 0 aromatic heterocycles. The van der Waals surface area contributed by atoms with E-state index in [2.05, 4.69) is 49.9 Å². The van der Waals surface area contributed by atoms with E-state index in [1.807, 2.05) is 23.9 Å². The van der Waals surface area contributed by atoms with Crippen LogP contribution in [-0.4, -0.2) is 73.3 Å². The lowest BCUT2D eigenvalue weighted by atomic mass is 9.86. The minimum atomic E-state index is -0.442. The number of likely N-dealkylation sites (N-methyl/N-ethyl adjacent to an activating group) is 1. The number of carbonyl (C=O) groups excluding carboxylic acids is 2. The third kappa shape index (κ3) is 3.75. The second kappa shape index (κ2) is 7.27. The van der Waals surface area contributed by atoms with Gasteiger partial charge in [0.15, 0.2) is 0 Å². The molecule has 5 heteroatoms. The van der Waals surface area contributed by atoms with E-state index in [1.165, 1.54) is 5.56 Å². The van der Waals surface area contributed by atoms with Crippen molar-refractivity contribution in [2.75, 3.05) is 46.8 Å². The minimum absolute atomic E-state index is 0.0414. The number of benzene rings is 1. The molecule has 0 bridgehead atoms.